The molecule has 1 heterocycles. The van der Waals surface area contributed by atoms with Crippen molar-refractivity contribution in [3.05, 3.63) is 52.0 Å². The maximum atomic E-state index is 6.10. The standard InChI is InChI=1S/C15H14Cl2N2O/c16-11-7-13(18)14(8-12(11)17)19-5-6-20-15-4-2-1-3-10(15)9-19/h1-4,7-8H,5-6,9,18H2. The zero-order valence-corrected chi connectivity index (χ0v) is 12.3. The zero-order valence-electron chi connectivity index (χ0n) is 10.8. The molecule has 2 aromatic carbocycles. The van der Waals surface area contributed by atoms with E-state index in [2.05, 4.69) is 11.0 Å². The number of fused-ring (bicyclic) bond motifs is 1. The average molecular weight is 309 g/mol. The third-order valence-corrected chi connectivity index (χ3v) is 4.09. The van der Waals surface area contributed by atoms with Gasteiger partial charge in [-0.15, -0.1) is 0 Å². The number of ether oxygens (including phenoxy) is 1. The number of para-hydroxylation sites is 1. The van der Waals surface area contributed by atoms with Crippen LogP contribution in [0.15, 0.2) is 36.4 Å². The first-order chi connectivity index (χ1) is 9.65. The lowest BCUT2D eigenvalue weighted by Gasteiger charge is -2.24. The summed E-state index contributed by atoms with van der Waals surface area (Å²) in [6, 6.07) is 11.5. The van der Waals surface area contributed by atoms with Gasteiger partial charge in [-0.05, 0) is 18.2 Å². The van der Waals surface area contributed by atoms with Crippen molar-refractivity contribution in [1.82, 2.24) is 0 Å². The number of anilines is 2. The maximum absolute atomic E-state index is 6.10. The van der Waals surface area contributed by atoms with Crippen LogP contribution in [-0.4, -0.2) is 13.2 Å². The van der Waals surface area contributed by atoms with Crippen molar-refractivity contribution in [2.24, 2.45) is 0 Å². The molecule has 2 N–H and O–H groups in total. The Morgan fingerprint density at radius 2 is 1.85 bits per heavy atom. The summed E-state index contributed by atoms with van der Waals surface area (Å²) in [6.45, 7) is 2.09. The van der Waals surface area contributed by atoms with E-state index in [0.29, 0.717) is 22.3 Å². The van der Waals surface area contributed by atoms with E-state index in [0.717, 1.165) is 30.1 Å². The Morgan fingerprint density at radius 1 is 1.10 bits per heavy atom. The zero-order chi connectivity index (χ0) is 14.1. The van der Waals surface area contributed by atoms with Crippen LogP contribution in [0.2, 0.25) is 10.0 Å². The fraction of sp³-hybridized carbons (Fsp3) is 0.200. The fourth-order valence-electron chi connectivity index (χ4n) is 2.36. The third-order valence-electron chi connectivity index (χ3n) is 3.36. The highest BCUT2D eigenvalue weighted by molar-refractivity contribution is 6.42. The molecule has 5 heteroatoms. The molecule has 20 heavy (non-hydrogen) atoms. The minimum absolute atomic E-state index is 0.472. The summed E-state index contributed by atoms with van der Waals surface area (Å²) < 4.78 is 5.75. The molecule has 3 rings (SSSR count). The van der Waals surface area contributed by atoms with E-state index < -0.39 is 0 Å². The van der Waals surface area contributed by atoms with Crippen LogP contribution >= 0.6 is 23.2 Å². The largest absolute Gasteiger partial charge is 0.491 e. The summed E-state index contributed by atoms with van der Waals surface area (Å²) in [4.78, 5) is 2.16. The van der Waals surface area contributed by atoms with Crippen molar-refractivity contribution in [3.8, 4) is 5.75 Å². The summed E-state index contributed by atoms with van der Waals surface area (Å²) in [6.07, 6.45) is 0. The van der Waals surface area contributed by atoms with E-state index in [1.165, 1.54) is 0 Å². The van der Waals surface area contributed by atoms with Crippen molar-refractivity contribution in [1.29, 1.82) is 0 Å². The molecule has 0 unspecified atom stereocenters. The van der Waals surface area contributed by atoms with Gasteiger partial charge in [0.05, 0.1) is 28.0 Å². The number of rotatable bonds is 1. The Bertz CT molecular complexity index is 646. The number of hydrogen-bond donors (Lipinski definition) is 1. The smallest absolute Gasteiger partial charge is 0.124 e. The monoisotopic (exact) mass is 308 g/mol. The molecule has 3 nitrogen and oxygen atoms in total. The molecule has 0 saturated heterocycles. The fourth-order valence-corrected chi connectivity index (χ4v) is 2.69. The molecule has 0 amide bonds. The van der Waals surface area contributed by atoms with Gasteiger partial charge < -0.3 is 15.4 Å². The Hall–Kier alpha value is -1.58. The van der Waals surface area contributed by atoms with Gasteiger partial charge in [-0.2, -0.15) is 0 Å². The highest BCUT2D eigenvalue weighted by atomic mass is 35.5. The number of nitrogens with zero attached hydrogens (tertiary/aromatic N) is 1. The molecular weight excluding hydrogens is 295 g/mol. The van der Waals surface area contributed by atoms with Crippen LogP contribution < -0.4 is 15.4 Å². The van der Waals surface area contributed by atoms with Crippen molar-refractivity contribution >= 4 is 34.6 Å². The Morgan fingerprint density at radius 3 is 2.70 bits per heavy atom. The highest BCUT2D eigenvalue weighted by Crippen LogP contribution is 2.35. The second-order valence-electron chi connectivity index (χ2n) is 4.70. The lowest BCUT2D eigenvalue weighted by Crippen LogP contribution is -2.26. The first-order valence-electron chi connectivity index (χ1n) is 6.35. The van der Waals surface area contributed by atoms with Gasteiger partial charge in [0.25, 0.3) is 0 Å². The number of nitrogen functional groups attached to an aromatic ring is 1. The number of nitrogens with two attached hydrogens (primary N) is 1. The normalized spacial score (nSPS) is 14.4. The maximum Gasteiger partial charge on any atom is 0.124 e. The highest BCUT2D eigenvalue weighted by Gasteiger charge is 2.18. The summed E-state index contributed by atoms with van der Waals surface area (Å²) in [7, 11) is 0. The van der Waals surface area contributed by atoms with Gasteiger partial charge >= 0.3 is 0 Å². The Balaban J connectivity index is 1.97. The van der Waals surface area contributed by atoms with Gasteiger partial charge in [0.1, 0.15) is 12.4 Å². The first kappa shape index (κ1) is 13.4. The summed E-state index contributed by atoms with van der Waals surface area (Å²) in [5, 5.41) is 0.980. The average Bonchev–Trinajstić information content (AvgIpc) is 2.65. The third kappa shape index (κ3) is 2.51. The molecule has 104 valence electrons. The van der Waals surface area contributed by atoms with Crippen LogP contribution in [-0.2, 0) is 6.54 Å². The summed E-state index contributed by atoms with van der Waals surface area (Å²) >= 11 is 12.1. The van der Waals surface area contributed by atoms with Gasteiger partial charge in [-0.25, -0.2) is 0 Å². The number of halogens is 2. The predicted molar refractivity (Wildman–Crippen MR) is 83.9 cm³/mol. The molecule has 0 bridgehead atoms. The molecule has 2 aromatic rings. The molecule has 1 aliphatic rings. The summed E-state index contributed by atoms with van der Waals surface area (Å²) in [5.41, 5.74) is 8.71. The predicted octanol–water partition coefficient (Wildman–Crippen LogP) is 3.97. The van der Waals surface area contributed by atoms with Gasteiger partial charge in [0, 0.05) is 12.1 Å². The van der Waals surface area contributed by atoms with Crippen LogP contribution in [0, 0.1) is 0 Å². The Labute approximate surface area is 127 Å². The van der Waals surface area contributed by atoms with E-state index in [4.69, 9.17) is 33.7 Å². The summed E-state index contributed by atoms with van der Waals surface area (Å²) in [5.74, 6) is 0.925. The van der Waals surface area contributed by atoms with Gasteiger partial charge in [-0.1, -0.05) is 41.4 Å². The molecule has 0 saturated carbocycles. The molecule has 0 fully saturated rings. The van der Waals surface area contributed by atoms with E-state index in [1.54, 1.807) is 6.07 Å². The van der Waals surface area contributed by atoms with E-state index >= 15 is 0 Å². The van der Waals surface area contributed by atoms with Crippen molar-refractivity contribution in [2.45, 2.75) is 6.54 Å². The van der Waals surface area contributed by atoms with E-state index in [-0.39, 0.29) is 0 Å². The molecular formula is C15H14Cl2N2O. The molecule has 1 aliphatic heterocycles. The van der Waals surface area contributed by atoms with Crippen LogP contribution in [0.25, 0.3) is 0 Å². The van der Waals surface area contributed by atoms with E-state index in [1.807, 2.05) is 24.3 Å². The second kappa shape index (κ2) is 5.43. The topological polar surface area (TPSA) is 38.5 Å². The molecule has 0 atom stereocenters. The molecule has 0 aromatic heterocycles. The van der Waals surface area contributed by atoms with Crippen LogP contribution in [0.4, 0.5) is 11.4 Å². The quantitative estimate of drug-likeness (QED) is 0.810. The molecule has 0 aliphatic carbocycles. The lowest BCUT2D eigenvalue weighted by molar-refractivity contribution is 0.331. The molecule has 0 radical (unpaired) electrons. The SMILES string of the molecule is Nc1cc(Cl)c(Cl)cc1N1CCOc2ccccc2C1. The van der Waals surface area contributed by atoms with Crippen LogP contribution in [0.1, 0.15) is 5.56 Å². The number of benzene rings is 2. The lowest BCUT2D eigenvalue weighted by atomic mass is 10.1. The van der Waals surface area contributed by atoms with E-state index in [9.17, 15) is 0 Å². The van der Waals surface area contributed by atoms with Gasteiger partial charge in [0.2, 0.25) is 0 Å². The minimum Gasteiger partial charge on any atom is -0.491 e. The minimum atomic E-state index is 0.472. The molecule has 0 spiro atoms. The van der Waals surface area contributed by atoms with Gasteiger partial charge in [-0.3, -0.25) is 0 Å². The van der Waals surface area contributed by atoms with Gasteiger partial charge in [0.15, 0.2) is 0 Å². The van der Waals surface area contributed by atoms with Crippen molar-refractivity contribution < 1.29 is 4.74 Å². The van der Waals surface area contributed by atoms with Crippen LogP contribution in [0.3, 0.4) is 0 Å². The van der Waals surface area contributed by atoms with Crippen molar-refractivity contribution in [2.75, 3.05) is 23.8 Å². The second-order valence-corrected chi connectivity index (χ2v) is 5.52. The number of hydrogen-bond acceptors (Lipinski definition) is 3. The van der Waals surface area contributed by atoms with Crippen molar-refractivity contribution in [3.63, 3.8) is 0 Å². The Kier molecular flexibility index (Phi) is 3.64. The first-order valence-corrected chi connectivity index (χ1v) is 7.11. The van der Waals surface area contributed by atoms with Crippen LogP contribution in [0.5, 0.6) is 5.75 Å².